The highest BCUT2D eigenvalue weighted by Gasteiger charge is 2.39. The normalized spacial score (nSPS) is 20.6. The standard InChI is InChI=1S/C19H20N2O4/c1-12(22)5-2-3-6-13-7-4-8-14-15(13)11-21(19(14)25)16-9-10-17(23)20-18(16)24/h4,7-8,12,16,22H,2,5,9-11H2,1H3,(H,20,23,24). The fourth-order valence-electron chi connectivity index (χ4n) is 3.14. The van der Waals surface area contributed by atoms with Gasteiger partial charge in [-0.25, -0.2) is 0 Å². The Morgan fingerprint density at radius 3 is 2.88 bits per heavy atom. The second kappa shape index (κ2) is 7.08. The Balaban J connectivity index is 1.80. The highest BCUT2D eigenvalue weighted by Crippen LogP contribution is 2.29. The molecule has 1 aromatic carbocycles. The van der Waals surface area contributed by atoms with Gasteiger partial charge < -0.3 is 10.0 Å². The van der Waals surface area contributed by atoms with Crippen LogP contribution in [-0.4, -0.2) is 39.9 Å². The molecule has 25 heavy (non-hydrogen) atoms. The molecule has 1 aromatic rings. The largest absolute Gasteiger partial charge is 0.393 e. The van der Waals surface area contributed by atoms with Crippen LogP contribution in [0.2, 0.25) is 0 Å². The van der Waals surface area contributed by atoms with Crippen molar-refractivity contribution in [1.82, 2.24) is 10.2 Å². The topological polar surface area (TPSA) is 86.7 Å². The Bertz CT molecular complexity index is 788. The predicted octanol–water partition coefficient (Wildman–Crippen LogP) is 0.960. The average Bonchev–Trinajstić information content (AvgIpc) is 2.89. The number of amides is 3. The lowest BCUT2D eigenvalue weighted by atomic mass is 10.0. The second-order valence-electron chi connectivity index (χ2n) is 6.42. The number of hydrogen-bond acceptors (Lipinski definition) is 4. The fourth-order valence-corrected chi connectivity index (χ4v) is 3.14. The lowest BCUT2D eigenvalue weighted by molar-refractivity contribution is -0.136. The Hall–Kier alpha value is -2.65. The number of carbonyl (C=O) groups is 3. The number of nitrogens with zero attached hydrogens (tertiary/aromatic N) is 1. The highest BCUT2D eigenvalue weighted by atomic mass is 16.3. The molecule has 0 radical (unpaired) electrons. The van der Waals surface area contributed by atoms with Gasteiger partial charge in [-0.3, -0.25) is 19.7 Å². The van der Waals surface area contributed by atoms with Crippen molar-refractivity contribution in [2.24, 2.45) is 0 Å². The van der Waals surface area contributed by atoms with E-state index in [1.807, 2.05) is 6.07 Å². The zero-order chi connectivity index (χ0) is 18.0. The van der Waals surface area contributed by atoms with Crippen molar-refractivity contribution in [1.29, 1.82) is 0 Å². The number of aliphatic hydroxyl groups is 1. The van der Waals surface area contributed by atoms with Crippen molar-refractivity contribution in [3.63, 3.8) is 0 Å². The fraction of sp³-hybridized carbons (Fsp3) is 0.421. The van der Waals surface area contributed by atoms with Gasteiger partial charge in [-0.15, -0.1) is 0 Å². The molecule has 2 unspecified atom stereocenters. The molecule has 2 heterocycles. The summed E-state index contributed by atoms with van der Waals surface area (Å²) < 4.78 is 0. The molecule has 6 heteroatoms. The summed E-state index contributed by atoms with van der Waals surface area (Å²) >= 11 is 0. The van der Waals surface area contributed by atoms with Gasteiger partial charge in [0.1, 0.15) is 6.04 Å². The van der Waals surface area contributed by atoms with Crippen LogP contribution in [0, 0.1) is 11.8 Å². The molecule has 2 atom stereocenters. The van der Waals surface area contributed by atoms with Crippen LogP contribution in [0.1, 0.15) is 54.1 Å². The van der Waals surface area contributed by atoms with Gasteiger partial charge in [0.2, 0.25) is 11.8 Å². The van der Waals surface area contributed by atoms with E-state index in [2.05, 4.69) is 17.2 Å². The number of aliphatic hydroxyl groups excluding tert-OH is 1. The highest BCUT2D eigenvalue weighted by molar-refractivity contribution is 6.05. The Labute approximate surface area is 146 Å². The minimum absolute atomic E-state index is 0.197. The summed E-state index contributed by atoms with van der Waals surface area (Å²) in [5.41, 5.74) is 2.15. The first-order valence-corrected chi connectivity index (χ1v) is 8.41. The van der Waals surface area contributed by atoms with Crippen molar-refractivity contribution in [3.8, 4) is 11.8 Å². The van der Waals surface area contributed by atoms with Gasteiger partial charge in [-0.05, 0) is 37.5 Å². The van der Waals surface area contributed by atoms with Crippen LogP contribution in [-0.2, 0) is 16.1 Å². The van der Waals surface area contributed by atoms with Crippen molar-refractivity contribution < 1.29 is 19.5 Å². The van der Waals surface area contributed by atoms with E-state index in [-0.39, 0.29) is 24.3 Å². The van der Waals surface area contributed by atoms with Crippen LogP contribution in [0.5, 0.6) is 0 Å². The van der Waals surface area contributed by atoms with Gasteiger partial charge >= 0.3 is 0 Å². The molecule has 0 aliphatic carbocycles. The summed E-state index contributed by atoms with van der Waals surface area (Å²) in [6.07, 6.45) is 1.37. The van der Waals surface area contributed by atoms with Gasteiger partial charge in [-0.2, -0.15) is 0 Å². The number of hydrogen-bond donors (Lipinski definition) is 2. The molecule has 1 fully saturated rings. The molecule has 6 nitrogen and oxygen atoms in total. The van der Waals surface area contributed by atoms with Gasteiger partial charge in [0.15, 0.2) is 0 Å². The maximum absolute atomic E-state index is 12.7. The van der Waals surface area contributed by atoms with Crippen LogP contribution in [0.3, 0.4) is 0 Å². The van der Waals surface area contributed by atoms with E-state index in [1.54, 1.807) is 19.1 Å². The molecule has 0 bridgehead atoms. The van der Waals surface area contributed by atoms with E-state index < -0.39 is 11.9 Å². The first-order chi connectivity index (χ1) is 12.0. The number of carbonyl (C=O) groups excluding carboxylic acids is 3. The Morgan fingerprint density at radius 2 is 2.16 bits per heavy atom. The number of benzene rings is 1. The van der Waals surface area contributed by atoms with Crippen molar-refractivity contribution in [2.45, 2.75) is 51.3 Å². The van der Waals surface area contributed by atoms with Crippen LogP contribution in [0.4, 0.5) is 0 Å². The third-order valence-electron chi connectivity index (χ3n) is 4.49. The Morgan fingerprint density at radius 1 is 1.36 bits per heavy atom. The molecule has 0 spiro atoms. The lowest BCUT2D eigenvalue weighted by Gasteiger charge is -2.29. The van der Waals surface area contributed by atoms with E-state index in [0.29, 0.717) is 31.4 Å². The van der Waals surface area contributed by atoms with E-state index in [0.717, 1.165) is 11.1 Å². The van der Waals surface area contributed by atoms with Gasteiger partial charge in [-0.1, -0.05) is 17.9 Å². The van der Waals surface area contributed by atoms with Gasteiger partial charge in [0.25, 0.3) is 5.91 Å². The molecule has 3 amide bonds. The predicted molar refractivity (Wildman–Crippen MR) is 90.3 cm³/mol. The van der Waals surface area contributed by atoms with E-state index in [4.69, 9.17) is 0 Å². The smallest absolute Gasteiger partial charge is 0.255 e. The molecular formula is C19H20N2O4. The van der Waals surface area contributed by atoms with Crippen molar-refractivity contribution in [2.75, 3.05) is 0 Å². The first-order valence-electron chi connectivity index (χ1n) is 8.41. The molecule has 130 valence electrons. The number of nitrogens with one attached hydrogen (secondary N) is 1. The van der Waals surface area contributed by atoms with Gasteiger partial charge in [0.05, 0.1) is 6.10 Å². The zero-order valence-corrected chi connectivity index (χ0v) is 14.0. The maximum atomic E-state index is 12.7. The monoisotopic (exact) mass is 340 g/mol. The summed E-state index contributed by atoms with van der Waals surface area (Å²) in [4.78, 5) is 37.6. The molecule has 2 N–H and O–H groups in total. The number of imide groups is 1. The quantitative estimate of drug-likeness (QED) is 0.634. The summed E-state index contributed by atoms with van der Waals surface area (Å²) in [6, 6.07) is 4.76. The minimum Gasteiger partial charge on any atom is -0.393 e. The second-order valence-corrected chi connectivity index (χ2v) is 6.42. The van der Waals surface area contributed by atoms with Crippen molar-refractivity contribution in [3.05, 3.63) is 34.9 Å². The molecule has 1 saturated heterocycles. The molecule has 0 aromatic heterocycles. The minimum atomic E-state index is -0.617. The number of rotatable bonds is 3. The van der Waals surface area contributed by atoms with E-state index >= 15 is 0 Å². The molecular weight excluding hydrogens is 320 g/mol. The number of fused-ring (bicyclic) bond motifs is 1. The van der Waals surface area contributed by atoms with Crippen LogP contribution < -0.4 is 5.32 Å². The maximum Gasteiger partial charge on any atom is 0.255 e. The van der Waals surface area contributed by atoms with E-state index in [9.17, 15) is 19.5 Å². The SMILES string of the molecule is CC(O)CCC#Cc1cccc2c1CN(C1CCC(=O)NC1=O)C2=O. The lowest BCUT2D eigenvalue weighted by Crippen LogP contribution is -2.52. The summed E-state index contributed by atoms with van der Waals surface area (Å²) in [5, 5.41) is 11.6. The summed E-state index contributed by atoms with van der Waals surface area (Å²) in [7, 11) is 0. The van der Waals surface area contributed by atoms with Crippen LogP contribution in [0.15, 0.2) is 18.2 Å². The third kappa shape index (κ3) is 3.57. The average molecular weight is 340 g/mol. The Kier molecular flexibility index (Phi) is 4.86. The summed E-state index contributed by atoms with van der Waals surface area (Å²) in [6.45, 7) is 2.04. The molecule has 2 aliphatic rings. The molecule has 3 rings (SSSR count). The number of piperidine rings is 1. The molecule has 0 saturated carbocycles. The van der Waals surface area contributed by atoms with E-state index in [1.165, 1.54) is 4.90 Å². The third-order valence-corrected chi connectivity index (χ3v) is 4.49. The van der Waals surface area contributed by atoms with Crippen molar-refractivity contribution >= 4 is 17.7 Å². The zero-order valence-electron chi connectivity index (χ0n) is 14.0. The van der Waals surface area contributed by atoms with Crippen LogP contribution >= 0.6 is 0 Å². The van der Waals surface area contributed by atoms with Gasteiger partial charge in [0, 0.05) is 30.5 Å². The summed E-state index contributed by atoms with van der Waals surface area (Å²) in [5.74, 6) is 5.18. The van der Waals surface area contributed by atoms with Crippen LogP contribution in [0.25, 0.3) is 0 Å². The first kappa shape index (κ1) is 17.2. The molecule has 2 aliphatic heterocycles.